The van der Waals surface area contributed by atoms with Crippen molar-refractivity contribution in [2.45, 2.75) is 71.5 Å². The molecule has 3 aliphatic rings. The third kappa shape index (κ3) is 1.40. The minimum Gasteiger partial charge on any atom is -0.366 e. The highest BCUT2D eigenvalue weighted by Crippen LogP contribution is 2.60. The summed E-state index contributed by atoms with van der Waals surface area (Å²) in [6.07, 6.45) is 7.21. The summed E-state index contributed by atoms with van der Waals surface area (Å²) in [6.45, 7) is 9.40. The fraction of sp³-hybridized carbons (Fsp3) is 0.867. The van der Waals surface area contributed by atoms with Gasteiger partial charge >= 0.3 is 0 Å². The van der Waals surface area contributed by atoms with Crippen LogP contribution in [0.3, 0.4) is 0 Å². The smallest absolute Gasteiger partial charge is 0.0920 e. The maximum atomic E-state index is 5.90. The first-order chi connectivity index (χ1) is 7.45. The molecule has 0 aromatic rings. The Balaban J connectivity index is 1.91. The van der Waals surface area contributed by atoms with Crippen LogP contribution in [0.4, 0.5) is 0 Å². The van der Waals surface area contributed by atoms with Crippen LogP contribution in [0.25, 0.3) is 0 Å². The van der Waals surface area contributed by atoms with Gasteiger partial charge in [-0.1, -0.05) is 18.1 Å². The summed E-state index contributed by atoms with van der Waals surface area (Å²) >= 11 is 0. The summed E-state index contributed by atoms with van der Waals surface area (Å²) in [7, 11) is 0. The summed E-state index contributed by atoms with van der Waals surface area (Å²) in [5.41, 5.74) is 4.13. The number of fused-ring (bicyclic) bond motifs is 2. The Bertz CT molecular complexity index is 352. The molecule has 0 unspecified atom stereocenters. The highest BCUT2D eigenvalue weighted by Gasteiger charge is 2.59. The minimum atomic E-state index is 0.250. The number of allylic oxidation sites excluding steroid dienone is 2. The Labute approximate surface area is 99.3 Å². The van der Waals surface area contributed by atoms with Gasteiger partial charge in [0.15, 0.2) is 0 Å². The SMILES string of the molecule is CC(C)=C1CC[C@]2(C)C[C@@H]3O[C@]3(C)CC[C@@H]12. The van der Waals surface area contributed by atoms with Crippen LogP contribution in [-0.2, 0) is 4.74 Å². The van der Waals surface area contributed by atoms with Crippen LogP contribution in [-0.4, -0.2) is 11.7 Å². The Morgan fingerprint density at radius 2 is 2.00 bits per heavy atom. The first kappa shape index (κ1) is 10.8. The first-order valence-corrected chi connectivity index (χ1v) is 6.79. The van der Waals surface area contributed by atoms with Crippen molar-refractivity contribution in [3.8, 4) is 0 Å². The van der Waals surface area contributed by atoms with Crippen LogP contribution in [0.15, 0.2) is 11.1 Å². The van der Waals surface area contributed by atoms with Crippen LogP contribution >= 0.6 is 0 Å². The molecule has 1 aliphatic heterocycles. The lowest BCUT2D eigenvalue weighted by Crippen LogP contribution is -2.23. The molecule has 0 radical (unpaired) electrons. The molecule has 3 fully saturated rings. The lowest BCUT2D eigenvalue weighted by molar-refractivity contribution is 0.169. The van der Waals surface area contributed by atoms with E-state index in [1.165, 1.54) is 32.1 Å². The number of epoxide rings is 1. The third-order valence-electron chi connectivity index (χ3n) is 5.49. The molecule has 1 heterocycles. The van der Waals surface area contributed by atoms with E-state index in [9.17, 15) is 0 Å². The number of ether oxygens (including phenoxy) is 1. The van der Waals surface area contributed by atoms with Gasteiger partial charge in [-0.05, 0) is 64.2 Å². The molecular formula is C15H24O. The average molecular weight is 220 g/mol. The van der Waals surface area contributed by atoms with Crippen molar-refractivity contribution in [3.05, 3.63) is 11.1 Å². The van der Waals surface area contributed by atoms with E-state index in [4.69, 9.17) is 4.74 Å². The zero-order valence-corrected chi connectivity index (χ0v) is 11.1. The highest BCUT2D eigenvalue weighted by atomic mass is 16.6. The Hall–Kier alpha value is -0.300. The van der Waals surface area contributed by atoms with Gasteiger partial charge in [-0.25, -0.2) is 0 Å². The highest BCUT2D eigenvalue weighted by molar-refractivity contribution is 5.24. The predicted molar refractivity (Wildman–Crippen MR) is 66.3 cm³/mol. The average Bonchev–Trinajstić information content (AvgIpc) is 2.68. The molecule has 2 saturated carbocycles. The Morgan fingerprint density at radius 3 is 2.69 bits per heavy atom. The summed E-state index contributed by atoms with van der Waals surface area (Å²) in [5.74, 6) is 0.853. The second-order valence-corrected chi connectivity index (χ2v) is 6.89. The van der Waals surface area contributed by atoms with E-state index in [2.05, 4.69) is 27.7 Å². The molecule has 1 heteroatoms. The molecule has 2 aliphatic carbocycles. The van der Waals surface area contributed by atoms with Gasteiger partial charge in [0.05, 0.1) is 11.7 Å². The fourth-order valence-corrected chi connectivity index (χ4v) is 4.18. The number of hydrogen-bond donors (Lipinski definition) is 0. The molecule has 1 saturated heterocycles. The van der Waals surface area contributed by atoms with Gasteiger partial charge in [-0.3, -0.25) is 0 Å². The van der Waals surface area contributed by atoms with Crippen molar-refractivity contribution < 1.29 is 4.74 Å². The maximum Gasteiger partial charge on any atom is 0.0920 e. The third-order valence-corrected chi connectivity index (χ3v) is 5.49. The van der Waals surface area contributed by atoms with Gasteiger partial charge < -0.3 is 4.74 Å². The zero-order chi connectivity index (χ0) is 11.6. The van der Waals surface area contributed by atoms with E-state index >= 15 is 0 Å². The molecule has 0 aromatic heterocycles. The summed E-state index contributed by atoms with van der Waals surface area (Å²) in [5, 5.41) is 0. The predicted octanol–water partition coefficient (Wildman–Crippen LogP) is 4.08. The quantitative estimate of drug-likeness (QED) is 0.442. The molecule has 0 bridgehead atoms. The van der Waals surface area contributed by atoms with E-state index in [1.54, 1.807) is 11.1 Å². The summed E-state index contributed by atoms with van der Waals surface area (Å²) in [4.78, 5) is 0. The lowest BCUT2D eigenvalue weighted by Gasteiger charge is -2.31. The Morgan fingerprint density at radius 1 is 1.25 bits per heavy atom. The molecule has 90 valence electrons. The normalized spacial score (nSPS) is 50.6. The summed E-state index contributed by atoms with van der Waals surface area (Å²) in [6, 6.07) is 0. The molecule has 16 heavy (non-hydrogen) atoms. The molecule has 0 aromatic carbocycles. The van der Waals surface area contributed by atoms with Crippen LogP contribution in [0.1, 0.15) is 59.8 Å². The van der Waals surface area contributed by atoms with Crippen molar-refractivity contribution in [1.29, 1.82) is 0 Å². The standard InChI is InChI=1S/C15H24O/c1-10(2)11-5-7-14(3)9-13-15(4,16-13)8-6-12(11)14/h12-13H,5-9H2,1-4H3/t12-,13-,14+,15+/m0/s1. The lowest BCUT2D eigenvalue weighted by atomic mass is 9.74. The molecular weight excluding hydrogens is 196 g/mol. The van der Waals surface area contributed by atoms with Gasteiger partial charge in [0.1, 0.15) is 0 Å². The van der Waals surface area contributed by atoms with Crippen LogP contribution in [0, 0.1) is 11.3 Å². The second kappa shape index (κ2) is 3.13. The van der Waals surface area contributed by atoms with Crippen LogP contribution in [0.5, 0.6) is 0 Å². The van der Waals surface area contributed by atoms with Crippen molar-refractivity contribution >= 4 is 0 Å². The van der Waals surface area contributed by atoms with Gasteiger partial charge in [0.2, 0.25) is 0 Å². The molecule has 1 nitrogen and oxygen atoms in total. The largest absolute Gasteiger partial charge is 0.366 e. The maximum absolute atomic E-state index is 5.90. The molecule has 4 atom stereocenters. The van der Waals surface area contributed by atoms with Crippen LogP contribution < -0.4 is 0 Å². The summed E-state index contributed by atoms with van der Waals surface area (Å²) < 4.78 is 5.90. The molecule has 0 amide bonds. The van der Waals surface area contributed by atoms with Gasteiger partial charge in [-0.2, -0.15) is 0 Å². The molecule has 0 spiro atoms. The van der Waals surface area contributed by atoms with E-state index in [1.807, 2.05) is 0 Å². The van der Waals surface area contributed by atoms with Crippen molar-refractivity contribution in [2.24, 2.45) is 11.3 Å². The zero-order valence-electron chi connectivity index (χ0n) is 11.1. The second-order valence-electron chi connectivity index (χ2n) is 6.89. The Kier molecular flexibility index (Phi) is 2.12. The van der Waals surface area contributed by atoms with Crippen molar-refractivity contribution in [3.63, 3.8) is 0 Å². The van der Waals surface area contributed by atoms with Crippen molar-refractivity contribution in [1.82, 2.24) is 0 Å². The first-order valence-electron chi connectivity index (χ1n) is 6.79. The van der Waals surface area contributed by atoms with Gasteiger partial charge in [-0.15, -0.1) is 0 Å². The molecule has 3 rings (SSSR count). The van der Waals surface area contributed by atoms with E-state index in [0.29, 0.717) is 11.5 Å². The molecule has 0 N–H and O–H groups in total. The van der Waals surface area contributed by atoms with E-state index < -0.39 is 0 Å². The van der Waals surface area contributed by atoms with Gasteiger partial charge in [0, 0.05) is 0 Å². The fourth-order valence-electron chi connectivity index (χ4n) is 4.18. The number of rotatable bonds is 0. The van der Waals surface area contributed by atoms with Crippen molar-refractivity contribution in [2.75, 3.05) is 0 Å². The van der Waals surface area contributed by atoms with E-state index in [0.717, 1.165) is 5.92 Å². The topological polar surface area (TPSA) is 12.5 Å². The monoisotopic (exact) mass is 220 g/mol. The van der Waals surface area contributed by atoms with Gasteiger partial charge in [0.25, 0.3) is 0 Å². The van der Waals surface area contributed by atoms with E-state index in [-0.39, 0.29) is 5.60 Å². The number of hydrogen-bond acceptors (Lipinski definition) is 1. The minimum absolute atomic E-state index is 0.250. The van der Waals surface area contributed by atoms with Crippen LogP contribution in [0.2, 0.25) is 0 Å².